The van der Waals surface area contributed by atoms with Gasteiger partial charge in [0.15, 0.2) is 0 Å². The first-order chi connectivity index (χ1) is 10.7. The lowest BCUT2D eigenvalue weighted by atomic mass is 10.1. The summed E-state index contributed by atoms with van der Waals surface area (Å²) in [5, 5.41) is 3.51. The molecule has 1 unspecified atom stereocenters. The number of hydrogen-bond donors (Lipinski definition) is 1. The van der Waals surface area contributed by atoms with Crippen molar-refractivity contribution in [2.75, 3.05) is 25.5 Å². The number of rotatable bonds is 3. The van der Waals surface area contributed by atoms with Gasteiger partial charge in [-0.1, -0.05) is 15.9 Å². The van der Waals surface area contributed by atoms with Crippen LogP contribution in [0.2, 0.25) is 0 Å². The Balaban J connectivity index is 2.03. The van der Waals surface area contributed by atoms with Crippen molar-refractivity contribution >= 4 is 27.7 Å². The van der Waals surface area contributed by atoms with Crippen LogP contribution in [0.5, 0.6) is 5.75 Å². The largest absolute Gasteiger partial charge is 0.495 e. The second kappa shape index (κ2) is 6.99. The predicted molar refractivity (Wildman–Crippen MR) is 95.3 cm³/mol. The molecule has 0 spiro atoms. The van der Waals surface area contributed by atoms with E-state index in [4.69, 9.17) is 9.47 Å². The Bertz CT molecular complexity index is 584. The first-order valence-corrected chi connectivity index (χ1v) is 8.57. The molecule has 0 aromatic heterocycles. The quantitative estimate of drug-likeness (QED) is 0.848. The van der Waals surface area contributed by atoms with Crippen LogP contribution in [0.1, 0.15) is 32.8 Å². The number of likely N-dealkylation sites (tertiary alicyclic amines) is 1. The fourth-order valence-electron chi connectivity index (χ4n) is 2.63. The molecule has 0 radical (unpaired) electrons. The molecule has 1 aliphatic rings. The number of halogens is 1. The Morgan fingerprint density at radius 2 is 2.09 bits per heavy atom. The Labute approximate surface area is 146 Å². The van der Waals surface area contributed by atoms with E-state index >= 15 is 0 Å². The molecule has 128 valence electrons. The highest BCUT2D eigenvalue weighted by Crippen LogP contribution is 2.33. The number of carbonyl (C=O) groups is 1. The number of ether oxygens (including phenoxy) is 2. The summed E-state index contributed by atoms with van der Waals surface area (Å²) in [4.78, 5) is 13.9. The Hall–Kier alpha value is -1.43. The summed E-state index contributed by atoms with van der Waals surface area (Å²) in [7, 11) is 1.66. The van der Waals surface area contributed by atoms with Crippen molar-refractivity contribution in [2.24, 2.45) is 0 Å². The minimum atomic E-state index is -0.464. The normalized spacial score (nSPS) is 18.0. The van der Waals surface area contributed by atoms with E-state index in [2.05, 4.69) is 21.2 Å². The molecule has 1 aromatic carbocycles. The summed E-state index contributed by atoms with van der Waals surface area (Å²) in [5.41, 5.74) is 1.62. The van der Waals surface area contributed by atoms with Crippen LogP contribution in [0.3, 0.4) is 0 Å². The third kappa shape index (κ3) is 4.77. The number of hydrogen-bond acceptors (Lipinski definition) is 4. The molecule has 1 fully saturated rings. The third-order valence-corrected chi connectivity index (χ3v) is 4.13. The van der Waals surface area contributed by atoms with E-state index in [1.807, 2.05) is 39.8 Å². The van der Waals surface area contributed by atoms with Gasteiger partial charge in [0.1, 0.15) is 11.4 Å². The van der Waals surface area contributed by atoms with E-state index in [9.17, 15) is 4.79 Å². The molecule has 1 heterocycles. The molecule has 0 bridgehead atoms. The number of amides is 1. The van der Waals surface area contributed by atoms with Crippen LogP contribution in [0.4, 0.5) is 10.5 Å². The molecule has 0 aliphatic carbocycles. The minimum Gasteiger partial charge on any atom is -0.495 e. The maximum Gasteiger partial charge on any atom is 0.410 e. The predicted octanol–water partition coefficient (Wildman–Crippen LogP) is 4.19. The molecule has 1 N–H and O–H groups in total. The molecular weight excluding hydrogens is 360 g/mol. The first kappa shape index (κ1) is 17.9. The molecule has 6 heteroatoms. The summed E-state index contributed by atoms with van der Waals surface area (Å²) in [5.74, 6) is 0.799. The van der Waals surface area contributed by atoms with E-state index in [1.165, 1.54) is 0 Å². The minimum absolute atomic E-state index is 0.191. The van der Waals surface area contributed by atoms with Crippen LogP contribution in [0.15, 0.2) is 16.6 Å². The lowest BCUT2D eigenvalue weighted by Crippen LogP contribution is -2.36. The average Bonchev–Trinajstić information content (AvgIpc) is 2.88. The van der Waals surface area contributed by atoms with E-state index < -0.39 is 5.60 Å². The van der Waals surface area contributed by atoms with Gasteiger partial charge in [-0.25, -0.2) is 4.79 Å². The van der Waals surface area contributed by atoms with Gasteiger partial charge in [0.05, 0.1) is 12.8 Å². The highest BCUT2D eigenvalue weighted by atomic mass is 79.9. The van der Waals surface area contributed by atoms with E-state index in [1.54, 1.807) is 12.0 Å². The van der Waals surface area contributed by atoms with E-state index in [0.29, 0.717) is 13.1 Å². The topological polar surface area (TPSA) is 50.8 Å². The molecule has 1 atom stereocenters. The zero-order valence-corrected chi connectivity index (χ0v) is 16.0. The second-order valence-electron chi connectivity index (χ2n) is 6.86. The Morgan fingerprint density at radius 1 is 1.39 bits per heavy atom. The molecule has 2 rings (SSSR count). The van der Waals surface area contributed by atoms with Gasteiger partial charge in [-0.3, -0.25) is 0 Å². The van der Waals surface area contributed by atoms with Crippen LogP contribution >= 0.6 is 15.9 Å². The molecule has 5 nitrogen and oxygen atoms in total. The average molecular weight is 385 g/mol. The summed E-state index contributed by atoms with van der Waals surface area (Å²) in [6.45, 7) is 9.01. The number of benzene rings is 1. The standard InChI is InChI=1S/C17H25BrN2O3/c1-11-8-12(18)9-14(22-5)15(11)19-13-6-7-20(10-13)16(21)23-17(2,3)4/h8-9,13,19H,6-7,10H2,1-5H3. The van der Waals surface area contributed by atoms with Crippen LogP contribution in [0.25, 0.3) is 0 Å². The van der Waals surface area contributed by atoms with Crippen LogP contribution in [-0.2, 0) is 4.74 Å². The summed E-state index contributed by atoms with van der Waals surface area (Å²) in [6.07, 6.45) is 0.638. The number of aryl methyl sites for hydroxylation is 1. The smallest absolute Gasteiger partial charge is 0.410 e. The number of anilines is 1. The lowest BCUT2D eigenvalue weighted by Gasteiger charge is -2.25. The molecule has 1 aromatic rings. The van der Waals surface area contributed by atoms with Crippen molar-refractivity contribution < 1.29 is 14.3 Å². The fraction of sp³-hybridized carbons (Fsp3) is 0.588. The van der Waals surface area contributed by atoms with Crippen molar-refractivity contribution in [1.29, 1.82) is 0 Å². The Kier molecular flexibility index (Phi) is 5.45. The van der Waals surface area contributed by atoms with Gasteiger partial charge in [-0.15, -0.1) is 0 Å². The van der Waals surface area contributed by atoms with Gasteiger partial charge in [0.25, 0.3) is 0 Å². The highest BCUT2D eigenvalue weighted by molar-refractivity contribution is 9.10. The highest BCUT2D eigenvalue weighted by Gasteiger charge is 2.30. The van der Waals surface area contributed by atoms with Gasteiger partial charge < -0.3 is 19.7 Å². The monoisotopic (exact) mass is 384 g/mol. The van der Waals surface area contributed by atoms with Crippen molar-refractivity contribution in [3.63, 3.8) is 0 Å². The number of methoxy groups -OCH3 is 1. The molecule has 23 heavy (non-hydrogen) atoms. The van der Waals surface area contributed by atoms with Crippen LogP contribution < -0.4 is 10.1 Å². The van der Waals surface area contributed by atoms with E-state index in [0.717, 1.165) is 27.9 Å². The molecular formula is C17H25BrN2O3. The number of nitrogens with one attached hydrogen (secondary N) is 1. The second-order valence-corrected chi connectivity index (χ2v) is 7.77. The Morgan fingerprint density at radius 3 is 2.70 bits per heavy atom. The number of carbonyl (C=O) groups excluding carboxylic acids is 1. The van der Waals surface area contributed by atoms with Crippen molar-refractivity contribution in [3.05, 3.63) is 22.2 Å². The maximum atomic E-state index is 12.1. The third-order valence-electron chi connectivity index (χ3n) is 3.67. The fourth-order valence-corrected chi connectivity index (χ4v) is 3.18. The molecule has 1 aliphatic heterocycles. The van der Waals surface area contributed by atoms with Crippen molar-refractivity contribution in [1.82, 2.24) is 4.90 Å². The zero-order chi connectivity index (χ0) is 17.2. The van der Waals surface area contributed by atoms with Gasteiger partial charge in [-0.2, -0.15) is 0 Å². The summed E-state index contributed by atoms with van der Waals surface area (Å²) >= 11 is 3.48. The maximum absolute atomic E-state index is 12.1. The van der Waals surface area contributed by atoms with Crippen LogP contribution in [0, 0.1) is 6.92 Å². The van der Waals surface area contributed by atoms with Crippen molar-refractivity contribution in [3.8, 4) is 5.75 Å². The SMILES string of the molecule is COc1cc(Br)cc(C)c1NC1CCN(C(=O)OC(C)(C)C)C1. The van der Waals surface area contributed by atoms with Gasteiger partial charge in [0.2, 0.25) is 0 Å². The zero-order valence-electron chi connectivity index (χ0n) is 14.4. The molecule has 0 saturated carbocycles. The number of nitrogens with zero attached hydrogens (tertiary/aromatic N) is 1. The molecule has 1 saturated heterocycles. The van der Waals surface area contributed by atoms with Crippen molar-refractivity contribution in [2.45, 2.75) is 45.8 Å². The molecule has 1 amide bonds. The van der Waals surface area contributed by atoms with E-state index in [-0.39, 0.29) is 12.1 Å². The first-order valence-electron chi connectivity index (χ1n) is 7.78. The lowest BCUT2D eigenvalue weighted by molar-refractivity contribution is 0.0293. The van der Waals surface area contributed by atoms with Crippen LogP contribution in [-0.4, -0.2) is 42.8 Å². The van der Waals surface area contributed by atoms with Gasteiger partial charge in [0, 0.05) is 23.6 Å². The summed E-state index contributed by atoms with van der Waals surface area (Å²) < 4.78 is 11.9. The summed E-state index contributed by atoms with van der Waals surface area (Å²) in [6, 6.07) is 4.18. The van der Waals surface area contributed by atoms with Gasteiger partial charge in [-0.05, 0) is 51.8 Å². The van der Waals surface area contributed by atoms with Gasteiger partial charge >= 0.3 is 6.09 Å².